The predicted octanol–water partition coefficient (Wildman–Crippen LogP) is 3.58. The number of hydrogen-bond acceptors (Lipinski definition) is 2. The van der Waals surface area contributed by atoms with Crippen LogP contribution in [0.3, 0.4) is 0 Å². The Bertz CT molecular complexity index is 274. The molecule has 0 radical (unpaired) electrons. The summed E-state index contributed by atoms with van der Waals surface area (Å²) in [7, 11) is 1.50. The molecule has 2 nitrogen and oxygen atoms in total. The summed E-state index contributed by atoms with van der Waals surface area (Å²) in [5.74, 6) is 0.486. The monoisotopic (exact) mass is 253 g/mol. The highest BCUT2D eigenvalue weighted by Crippen LogP contribution is 2.53. The van der Waals surface area contributed by atoms with E-state index in [9.17, 15) is 0 Å². The second-order valence-electron chi connectivity index (χ2n) is 3.87. The molecule has 1 aromatic carbocycles. The van der Waals surface area contributed by atoms with Gasteiger partial charge in [-0.15, -0.1) is 0 Å². The van der Waals surface area contributed by atoms with Gasteiger partial charge in [-0.1, -0.05) is 65.0 Å². The minimum absolute atomic E-state index is 0.260. The summed E-state index contributed by atoms with van der Waals surface area (Å²) in [6, 6.07) is 10.5. The van der Waals surface area contributed by atoms with Crippen molar-refractivity contribution >= 4 is 0 Å². The molecule has 0 amide bonds. The zero-order chi connectivity index (χ0) is 14.6. The van der Waals surface area contributed by atoms with Crippen molar-refractivity contribution in [1.29, 1.82) is 0 Å². The number of rotatable bonds is 2. The molecule has 0 aliphatic heterocycles. The van der Waals surface area contributed by atoms with Crippen molar-refractivity contribution in [1.82, 2.24) is 0 Å². The molecule has 0 heterocycles. The zero-order valence-corrected chi connectivity index (χ0v) is 12.9. The average Bonchev–Trinajstić information content (AvgIpc) is 3.19. The maximum absolute atomic E-state index is 9.00. The summed E-state index contributed by atoms with van der Waals surface area (Å²) in [4.78, 5) is 0. The molecule has 2 rings (SSSR count). The van der Waals surface area contributed by atoms with Gasteiger partial charge in [-0.2, -0.15) is 0 Å². The Hall–Kier alpha value is -0.860. The van der Waals surface area contributed by atoms with E-state index in [-0.39, 0.29) is 5.41 Å². The van der Waals surface area contributed by atoms with Crippen LogP contribution >= 0.6 is 0 Å². The van der Waals surface area contributed by atoms with Gasteiger partial charge in [-0.3, -0.25) is 0 Å². The lowest BCUT2D eigenvalue weighted by molar-refractivity contribution is 0.265. The van der Waals surface area contributed by atoms with Gasteiger partial charge in [0.1, 0.15) is 0 Å². The molecule has 18 heavy (non-hydrogen) atoms. The van der Waals surface area contributed by atoms with Crippen molar-refractivity contribution < 1.29 is 5.11 Å². The molecule has 0 spiro atoms. The highest BCUT2D eigenvalue weighted by molar-refractivity contribution is 5.32. The van der Waals surface area contributed by atoms with Crippen LogP contribution in [0.1, 0.15) is 46.6 Å². The van der Waals surface area contributed by atoms with Crippen molar-refractivity contribution in [2.24, 2.45) is 11.7 Å². The van der Waals surface area contributed by atoms with E-state index >= 15 is 0 Å². The van der Waals surface area contributed by atoms with Gasteiger partial charge in [0.25, 0.3) is 0 Å². The molecule has 3 N–H and O–H groups in total. The van der Waals surface area contributed by atoms with Crippen LogP contribution in [0.4, 0.5) is 0 Å². The number of hydrogen-bond donors (Lipinski definition) is 2. The third-order valence-electron chi connectivity index (χ3n) is 3.06. The molecular weight excluding hydrogens is 222 g/mol. The zero-order valence-electron chi connectivity index (χ0n) is 12.9. The molecule has 2 heteroatoms. The van der Waals surface area contributed by atoms with Crippen molar-refractivity contribution in [3.05, 3.63) is 35.9 Å². The standard InChI is InChI=1S/C11H14O.2C2H6.CH5N/c1-11(7-10(11)8-12)9-5-3-2-4-6-9;3*1-2/h2-6,10,12H,7-8H2,1H3;2*1-2H3;2H2,1H3. The fourth-order valence-corrected chi connectivity index (χ4v) is 1.89. The van der Waals surface area contributed by atoms with Crippen molar-refractivity contribution in [3.8, 4) is 0 Å². The van der Waals surface area contributed by atoms with Gasteiger partial charge >= 0.3 is 0 Å². The van der Waals surface area contributed by atoms with Crippen molar-refractivity contribution in [2.75, 3.05) is 13.7 Å². The Morgan fingerprint density at radius 2 is 1.56 bits per heavy atom. The van der Waals surface area contributed by atoms with Gasteiger partial charge in [-0.25, -0.2) is 0 Å². The molecule has 0 bridgehead atoms. The smallest absolute Gasteiger partial charge is 0.0468 e. The third kappa shape index (κ3) is 5.19. The lowest BCUT2D eigenvalue weighted by Gasteiger charge is -2.09. The van der Waals surface area contributed by atoms with Crippen LogP contribution in [0.25, 0.3) is 0 Å². The van der Waals surface area contributed by atoms with Gasteiger partial charge < -0.3 is 10.8 Å². The molecule has 2 atom stereocenters. The van der Waals surface area contributed by atoms with Crippen molar-refractivity contribution in [3.63, 3.8) is 0 Å². The van der Waals surface area contributed by atoms with Crippen LogP contribution in [0, 0.1) is 5.92 Å². The minimum atomic E-state index is 0.260. The van der Waals surface area contributed by atoms with E-state index in [2.05, 4.69) is 36.9 Å². The predicted molar refractivity (Wildman–Crippen MR) is 81.8 cm³/mol. The molecule has 0 aromatic heterocycles. The molecule has 2 unspecified atom stereocenters. The van der Waals surface area contributed by atoms with Crippen LogP contribution in [0.5, 0.6) is 0 Å². The van der Waals surface area contributed by atoms with Gasteiger partial charge in [0, 0.05) is 6.61 Å². The first-order valence-corrected chi connectivity index (χ1v) is 7.01. The normalized spacial score (nSPS) is 23.2. The van der Waals surface area contributed by atoms with E-state index < -0.39 is 0 Å². The van der Waals surface area contributed by atoms with E-state index in [1.807, 2.05) is 33.8 Å². The molecule has 1 fully saturated rings. The summed E-state index contributed by atoms with van der Waals surface area (Å²) < 4.78 is 0. The molecule has 1 aromatic rings. The number of aliphatic hydroxyl groups excluding tert-OH is 1. The SMILES string of the molecule is CC.CC.CC1(c2ccccc2)CC1CO.CN. The Balaban J connectivity index is 0. The molecular formula is C16H31NO. The molecule has 1 aliphatic carbocycles. The second kappa shape index (κ2) is 11.2. The Kier molecular flexibility index (Phi) is 12.2. The minimum Gasteiger partial charge on any atom is -0.396 e. The van der Waals surface area contributed by atoms with Crippen LogP contribution in [-0.2, 0) is 5.41 Å². The highest BCUT2D eigenvalue weighted by Gasteiger charge is 2.50. The average molecular weight is 253 g/mol. The number of benzene rings is 1. The largest absolute Gasteiger partial charge is 0.396 e. The van der Waals surface area contributed by atoms with E-state index in [0.717, 1.165) is 6.42 Å². The topological polar surface area (TPSA) is 46.2 Å². The first-order chi connectivity index (χ1) is 8.77. The van der Waals surface area contributed by atoms with Gasteiger partial charge in [0.15, 0.2) is 0 Å². The van der Waals surface area contributed by atoms with Crippen LogP contribution in [0.2, 0.25) is 0 Å². The first kappa shape index (κ1) is 19.5. The Morgan fingerprint density at radius 3 is 1.89 bits per heavy atom. The van der Waals surface area contributed by atoms with E-state index in [1.54, 1.807) is 0 Å². The van der Waals surface area contributed by atoms with Crippen LogP contribution in [0.15, 0.2) is 30.3 Å². The summed E-state index contributed by atoms with van der Waals surface area (Å²) in [5.41, 5.74) is 6.12. The summed E-state index contributed by atoms with van der Waals surface area (Å²) in [5, 5.41) is 9.00. The number of aliphatic hydroxyl groups is 1. The van der Waals surface area contributed by atoms with E-state index in [4.69, 9.17) is 5.11 Å². The van der Waals surface area contributed by atoms with Crippen molar-refractivity contribution in [2.45, 2.75) is 46.5 Å². The second-order valence-corrected chi connectivity index (χ2v) is 3.87. The fourth-order valence-electron chi connectivity index (χ4n) is 1.89. The maximum atomic E-state index is 9.00. The fraction of sp³-hybridized carbons (Fsp3) is 0.625. The molecule has 0 saturated heterocycles. The van der Waals surface area contributed by atoms with Gasteiger partial charge in [0.2, 0.25) is 0 Å². The summed E-state index contributed by atoms with van der Waals surface area (Å²) in [6.07, 6.45) is 1.13. The van der Waals surface area contributed by atoms with E-state index in [1.165, 1.54) is 12.6 Å². The third-order valence-corrected chi connectivity index (χ3v) is 3.06. The Morgan fingerprint density at radius 1 is 1.11 bits per heavy atom. The lowest BCUT2D eigenvalue weighted by atomic mass is 9.96. The van der Waals surface area contributed by atoms with Gasteiger partial charge in [-0.05, 0) is 30.4 Å². The molecule has 106 valence electrons. The summed E-state index contributed by atoms with van der Waals surface area (Å²) >= 11 is 0. The summed E-state index contributed by atoms with van der Waals surface area (Å²) in [6.45, 7) is 10.6. The van der Waals surface area contributed by atoms with E-state index in [0.29, 0.717) is 12.5 Å². The maximum Gasteiger partial charge on any atom is 0.0468 e. The van der Waals surface area contributed by atoms with Crippen LogP contribution < -0.4 is 5.73 Å². The number of nitrogens with two attached hydrogens (primary N) is 1. The molecule has 1 saturated carbocycles. The quantitative estimate of drug-likeness (QED) is 0.846. The van der Waals surface area contributed by atoms with Gasteiger partial charge in [0.05, 0.1) is 0 Å². The lowest BCUT2D eigenvalue weighted by Crippen LogP contribution is -2.05. The Labute approximate surface area is 113 Å². The molecule has 1 aliphatic rings. The van der Waals surface area contributed by atoms with Crippen LogP contribution in [-0.4, -0.2) is 18.8 Å². The first-order valence-electron chi connectivity index (χ1n) is 7.01. The highest BCUT2D eigenvalue weighted by atomic mass is 16.3.